The van der Waals surface area contributed by atoms with Gasteiger partial charge in [-0.05, 0) is 29.3 Å². The van der Waals surface area contributed by atoms with Gasteiger partial charge < -0.3 is 5.73 Å². The molecule has 0 saturated heterocycles. The number of hydrogen-bond acceptors (Lipinski definition) is 4. The highest BCUT2D eigenvalue weighted by molar-refractivity contribution is 6.30. The molecule has 0 atom stereocenters. The average molecular weight is 255 g/mol. The standard InChI is InChI=1S/C10H8Cl2N4/c11-7-3-1-2-6(4-7)5-8-14-9(12)16-10(13)15-8/h1-4H,5H2,(H2,13,14,15,16). The summed E-state index contributed by atoms with van der Waals surface area (Å²) in [6.45, 7) is 0. The van der Waals surface area contributed by atoms with Crippen molar-refractivity contribution in [3.05, 3.63) is 46.0 Å². The Bertz CT molecular complexity index is 496. The Kier molecular flexibility index (Phi) is 3.22. The van der Waals surface area contributed by atoms with E-state index in [0.717, 1.165) is 5.56 Å². The number of halogens is 2. The van der Waals surface area contributed by atoms with Gasteiger partial charge in [0.1, 0.15) is 5.82 Å². The first-order valence-electron chi connectivity index (χ1n) is 4.54. The quantitative estimate of drug-likeness (QED) is 0.894. The third kappa shape index (κ3) is 2.81. The highest BCUT2D eigenvalue weighted by Gasteiger charge is 2.04. The lowest BCUT2D eigenvalue weighted by Gasteiger charge is -2.02. The van der Waals surface area contributed by atoms with Gasteiger partial charge in [0.15, 0.2) is 0 Å². The molecule has 0 radical (unpaired) electrons. The van der Waals surface area contributed by atoms with Crippen LogP contribution in [-0.2, 0) is 6.42 Å². The van der Waals surface area contributed by atoms with Crippen molar-refractivity contribution < 1.29 is 0 Å². The van der Waals surface area contributed by atoms with Crippen LogP contribution in [0, 0.1) is 0 Å². The average Bonchev–Trinajstić information content (AvgIpc) is 2.15. The number of nitrogens with zero attached hydrogens (tertiary/aromatic N) is 3. The molecule has 1 aromatic heterocycles. The summed E-state index contributed by atoms with van der Waals surface area (Å²) in [6.07, 6.45) is 0.521. The minimum atomic E-state index is 0.101. The number of benzene rings is 1. The molecule has 4 nitrogen and oxygen atoms in total. The van der Waals surface area contributed by atoms with Gasteiger partial charge in [0.05, 0.1) is 0 Å². The molecule has 0 aliphatic rings. The molecule has 0 bridgehead atoms. The Morgan fingerprint density at radius 2 is 1.94 bits per heavy atom. The smallest absolute Gasteiger partial charge is 0.227 e. The van der Waals surface area contributed by atoms with Crippen LogP contribution in [-0.4, -0.2) is 15.0 Å². The Balaban J connectivity index is 2.27. The van der Waals surface area contributed by atoms with Crippen LogP contribution in [0.2, 0.25) is 10.3 Å². The molecule has 2 aromatic rings. The summed E-state index contributed by atoms with van der Waals surface area (Å²) >= 11 is 11.5. The van der Waals surface area contributed by atoms with Crippen molar-refractivity contribution in [1.82, 2.24) is 15.0 Å². The van der Waals surface area contributed by atoms with Gasteiger partial charge in [-0.2, -0.15) is 9.97 Å². The van der Waals surface area contributed by atoms with E-state index in [0.29, 0.717) is 17.3 Å². The summed E-state index contributed by atoms with van der Waals surface area (Å²) in [5.41, 5.74) is 6.46. The van der Waals surface area contributed by atoms with E-state index in [1.807, 2.05) is 18.2 Å². The van der Waals surface area contributed by atoms with Crippen LogP contribution in [0.1, 0.15) is 11.4 Å². The summed E-state index contributed by atoms with van der Waals surface area (Å²) in [6, 6.07) is 7.44. The molecule has 0 fully saturated rings. The maximum Gasteiger partial charge on any atom is 0.227 e. The second kappa shape index (κ2) is 4.63. The van der Waals surface area contributed by atoms with Gasteiger partial charge in [0.25, 0.3) is 0 Å². The molecule has 0 saturated carbocycles. The van der Waals surface area contributed by atoms with Crippen LogP contribution in [0.5, 0.6) is 0 Å². The minimum absolute atomic E-state index is 0.101. The Hall–Kier alpha value is -1.39. The first-order chi connectivity index (χ1) is 7.63. The molecular formula is C10H8Cl2N4. The van der Waals surface area contributed by atoms with E-state index in [4.69, 9.17) is 28.9 Å². The first-order valence-corrected chi connectivity index (χ1v) is 5.29. The largest absolute Gasteiger partial charge is 0.368 e. The van der Waals surface area contributed by atoms with Crippen molar-refractivity contribution >= 4 is 29.2 Å². The lowest BCUT2D eigenvalue weighted by molar-refractivity contribution is 0.929. The number of nitrogen functional groups attached to an aromatic ring is 1. The number of anilines is 1. The van der Waals surface area contributed by atoms with E-state index in [1.165, 1.54) is 0 Å². The number of hydrogen-bond donors (Lipinski definition) is 1. The van der Waals surface area contributed by atoms with Crippen LogP contribution < -0.4 is 5.73 Å². The lowest BCUT2D eigenvalue weighted by atomic mass is 10.1. The Morgan fingerprint density at radius 1 is 1.12 bits per heavy atom. The van der Waals surface area contributed by atoms with Gasteiger partial charge in [-0.25, -0.2) is 4.98 Å². The molecule has 2 N–H and O–H groups in total. The summed E-state index contributed by atoms with van der Waals surface area (Å²) < 4.78 is 0. The maximum atomic E-state index is 5.87. The third-order valence-electron chi connectivity index (χ3n) is 1.92. The highest BCUT2D eigenvalue weighted by Crippen LogP contribution is 2.14. The topological polar surface area (TPSA) is 64.7 Å². The van der Waals surface area contributed by atoms with Crippen LogP contribution in [0.15, 0.2) is 24.3 Å². The predicted molar refractivity (Wildman–Crippen MR) is 63.5 cm³/mol. The SMILES string of the molecule is Nc1nc(Cl)nc(Cc2cccc(Cl)c2)n1. The van der Waals surface area contributed by atoms with Crippen molar-refractivity contribution in [2.75, 3.05) is 5.73 Å². The normalized spacial score (nSPS) is 10.4. The summed E-state index contributed by atoms with van der Waals surface area (Å²) in [7, 11) is 0. The van der Waals surface area contributed by atoms with E-state index in [-0.39, 0.29) is 11.2 Å². The molecule has 0 amide bonds. The summed E-state index contributed by atoms with van der Waals surface area (Å²) in [5.74, 6) is 0.650. The van der Waals surface area contributed by atoms with Crippen molar-refractivity contribution in [1.29, 1.82) is 0 Å². The fourth-order valence-corrected chi connectivity index (χ4v) is 1.71. The molecule has 2 rings (SSSR count). The lowest BCUT2D eigenvalue weighted by Crippen LogP contribution is -2.03. The first kappa shape index (κ1) is 11.1. The van der Waals surface area contributed by atoms with Crippen molar-refractivity contribution in [2.45, 2.75) is 6.42 Å². The molecule has 0 aliphatic carbocycles. The number of nitrogens with two attached hydrogens (primary N) is 1. The number of aromatic nitrogens is 3. The molecule has 6 heteroatoms. The van der Waals surface area contributed by atoms with E-state index < -0.39 is 0 Å². The van der Waals surface area contributed by atoms with E-state index in [9.17, 15) is 0 Å². The second-order valence-corrected chi connectivity index (χ2v) is 3.96. The maximum absolute atomic E-state index is 5.87. The van der Waals surface area contributed by atoms with Gasteiger partial charge in [-0.3, -0.25) is 0 Å². The number of rotatable bonds is 2. The molecule has 1 heterocycles. The van der Waals surface area contributed by atoms with Gasteiger partial charge in [0, 0.05) is 11.4 Å². The van der Waals surface area contributed by atoms with Crippen molar-refractivity contribution in [3.8, 4) is 0 Å². The van der Waals surface area contributed by atoms with Crippen LogP contribution in [0.25, 0.3) is 0 Å². The minimum Gasteiger partial charge on any atom is -0.368 e. The fraction of sp³-hybridized carbons (Fsp3) is 0.100. The Morgan fingerprint density at radius 3 is 2.62 bits per heavy atom. The zero-order chi connectivity index (χ0) is 11.5. The third-order valence-corrected chi connectivity index (χ3v) is 2.33. The fourth-order valence-electron chi connectivity index (χ4n) is 1.32. The van der Waals surface area contributed by atoms with E-state index in [1.54, 1.807) is 6.07 Å². The Labute approximate surface area is 102 Å². The molecule has 82 valence electrons. The van der Waals surface area contributed by atoms with Crippen molar-refractivity contribution in [2.24, 2.45) is 0 Å². The zero-order valence-corrected chi connectivity index (χ0v) is 9.70. The van der Waals surface area contributed by atoms with E-state index >= 15 is 0 Å². The highest BCUT2D eigenvalue weighted by atomic mass is 35.5. The van der Waals surface area contributed by atoms with Gasteiger partial charge in [-0.1, -0.05) is 23.7 Å². The van der Waals surface area contributed by atoms with E-state index in [2.05, 4.69) is 15.0 Å². The van der Waals surface area contributed by atoms with Crippen LogP contribution in [0.3, 0.4) is 0 Å². The monoisotopic (exact) mass is 254 g/mol. The second-order valence-electron chi connectivity index (χ2n) is 3.19. The molecule has 16 heavy (non-hydrogen) atoms. The van der Waals surface area contributed by atoms with Crippen LogP contribution in [0.4, 0.5) is 5.95 Å². The molecule has 0 unspecified atom stereocenters. The molecule has 1 aromatic carbocycles. The van der Waals surface area contributed by atoms with Gasteiger partial charge in [0.2, 0.25) is 11.2 Å². The van der Waals surface area contributed by atoms with Crippen LogP contribution >= 0.6 is 23.2 Å². The predicted octanol–water partition coefficient (Wildman–Crippen LogP) is 2.35. The molecule has 0 aliphatic heterocycles. The van der Waals surface area contributed by atoms with Crippen molar-refractivity contribution in [3.63, 3.8) is 0 Å². The zero-order valence-electron chi connectivity index (χ0n) is 8.19. The summed E-state index contributed by atoms with van der Waals surface area (Å²) in [4.78, 5) is 11.7. The molecular weight excluding hydrogens is 247 g/mol. The summed E-state index contributed by atoms with van der Waals surface area (Å²) in [5, 5.41) is 0.773. The van der Waals surface area contributed by atoms with Gasteiger partial charge >= 0.3 is 0 Å². The van der Waals surface area contributed by atoms with Gasteiger partial charge in [-0.15, -0.1) is 0 Å². The molecule has 0 spiro atoms.